The van der Waals surface area contributed by atoms with Gasteiger partial charge in [-0.25, -0.2) is 4.39 Å². The van der Waals surface area contributed by atoms with Crippen molar-refractivity contribution in [2.75, 3.05) is 19.0 Å². The molecule has 2 aromatic carbocycles. The van der Waals surface area contributed by atoms with E-state index in [0.717, 1.165) is 11.3 Å². The third kappa shape index (κ3) is 4.22. The van der Waals surface area contributed by atoms with Gasteiger partial charge in [-0.15, -0.1) is 0 Å². The van der Waals surface area contributed by atoms with Crippen molar-refractivity contribution in [2.45, 2.75) is 13.0 Å². The van der Waals surface area contributed by atoms with Crippen molar-refractivity contribution in [2.24, 2.45) is 0 Å². The van der Waals surface area contributed by atoms with E-state index in [0.29, 0.717) is 5.69 Å². The molecule has 1 unspecified atom stereocenters. The van der Waals surface area contributed by atoms with Gasteiger partial charge in [0.1, 0.15) is 11.6 Å². The summed E-state index contributed by atoms with van der Waals surface area (Å²) in [4.78, 5) is 12.0. The molecule has 2 aromatic rings. The Labute approximate surface area is 129 Å². The second kappa shape index (κ2) is 7.45. The number of carbonyl (C=O) groups excluding carboxylic acids is 1. The SMILES string of the molecule is COc1ccccc1C(C)NC(=O)CNc1ccc(F)cc1. The van der Waals surface area contributed by atoms with Crippen LogP contribution < -0.4 is 15.4 Å². The highest BCUT2D eigenvalue weighted by molar-refractivity contribution is 5.81. The van der Waals surface area contributed by atoms with Gasteiger partial charge in [-0.05, 0) is 37.3 Å². The molecule has 0 bridgehead atoms. The number of halogens is 1. The van der Waals surface area contributed by atoms with Crippen LogP contribution in [0.3, 0.4) is 0 Å². The first kappa shape index (κ1) is 15.8. The zero-order valence-electron chi connectivity index (χ0n) is 12.6. The molecular weight excluding hydrogens is 283 g/mol. The van der Waals surface area contributed by atoms with Crippen molar-refractivity contribution >= 4 is 11.6 Å². The first-order valence-corrected chi connectivity index (χ1v) is 7.02. The summed E-state index contributed by atoms with van der Waals surface area (Å²) in [7, 11) is 1.60. The number of rotatable bonds is 6. The molecule has 2 rings (SSSR count). The number of carbonyl (C=O) groups is 1. The largest absolute Gasteiger partial charge is 0.496 e. The second-order valence-corrected chi connectivity index (χ2v) is 4.89. The summed E-state index contributed by atoms with van der Waals surface area (Å²) >= 11 is 0. The van der Waals surface area contributed by atoms with Gasteiger partial charge in [0, 0.05) is 11.3 Å². The van der Waals surface area contributed by atoms with E-state index in [2.05, 4.69) is 10.6 Å². The molecule has 4 nitrogen and oxygen atoms in total. The lowest BCUT2D eigenvalue weighted by atomic mass is 10.1. The van der Waals surface area contributed by atoms with E-state index in [9.17, 15) is 9.18 Å². The molecule has 0 fully saturated rings. The van der Waals surface area contributed by atoms with Crippen molar-refractivity contribution in [1.82, 2.24) is 5.32 Å². The summed E-state index contributed by atoms with van der Waals surface area (Å²) in [5.41, 5.74) is 1.61. The van der Waals surface area contributed by atoms with Crippen molar-refractivity contribution in [3.8, 4) is 5.75 Å². The highest BCUT2D eigenvalue weighted by Crippen LogP contribution is 2.24. The summed E-state index contributed by atoms with van der Waals surface area (Å²) < 4.78 is 18.1. The van der Waals surface area contributed by atoms with Crippen molar-refractivity contribution in [1.29, 1.82) is 0 Å². The molecule has 0 saturated heterocycles. The minimum atomic E-state index is -0.306. The number of hydrogen-bond donors (Lipinski definition) is 2. The first-order valence-electron chi connectivity index (χ1n) is 7.02. The van der Waals surface area contributed by atoms with E-state index in [1.54, 1.807) is 19.2 Å². The van der Waals surface area contributed by atoms with Gasteiger partial charge >= 0.3 is 0 Å². The van der Waals surface area contributed by atoms with Gasteiger partial charge in [0.25, 0.3) is 0 Å². The quantitative estimate of drug-likeness (QED) is 0.862. The summed E-state index contributed by atoms with van der Waals surface area (Å²) in [6, 6.07) is 13.3. The zero-order valence-corrected chi connectivity index (χ0v) is 12.6. The van der Waals surface area contributed by atoms with Crippen LogP contribution in [0.1, 0.15) is 18.5 Å². The fourth-order valence-corrected chi connectivity index (χ4v) is 2.14. The third-order valence-corrected chi connectivity index (χ3v) is 3.28. The molecule has 0 saturated carbocycles. The zero-order chi connectivity index (χ0) is 15.9. The lowest BCUT2D eigenvalue weighted by molar-refractivity contribution is -0.120. The van der Waals surface area contributed by atoms with Gasteiger partial charge in [-0.1, -0.05) is 18.2 Å². The first-order chi connectivity index (χ1) is 10.6. The summed E-state index contributed by atoms with van der Waals surface area (Å²) in [5, 5.41) is 5.84. The molecule has 0 aliphatic carbocycles. The number of methoxy groups -OCH3 is 1. The molecule has 1 atom stereocenters. The molecule has 0 heterocycles. The highest BCUT2D eigenvalue weighted by atomic mass is 19.1. The highest BCUT2D eigenvalue weighted by Gasteiger charge is 2.13. The molecule has 0 radical (unpaired) electrons. The Hall–Kier alpha value is -2.56. The predicted molar refractivity (Wildman–Crippen MR) is 84.4 cm³/mol. The van der Waals surface area contributed by atoms with E-state index < -0.39 is 0 Å². The van der Waals surface area contributed by atoms with Crippen molar-refractivity contribution < 1.29 is 13.9 Å². The van der Waals surface area contributed by atoms with Crippen LogP contribution in [0.2, 0.25) is 0 Å². The smallest absolute Gasteiger partial charge is 0.239 e. The van der Waals surface area contributed by atoms with E-state index in [1.165, 1.54) is 12.1 Å². The Kier molecular flexibility index (Phi) is 5.36. The normalized spacial score (nSPS) is 11.6. The minimum Gasteiger partial charge on any atom is -0.496 e. The molecule has 0 spiro atoms. The van der Waals surface area contributed by atoms with E-state index in [1.807, 2.05) is 31.2 Å². The summed E-state index contributed by atoms with van der Waals surface area (Å²) in [5.74, 6) is 0.282. The Bertz CT molecular complexity index is 629. The van der Waals surface area contributed by atoms with Gasteiger partial charge < -0.3 is 15.4 Å². The number of amides is 1. The van der Waals surface area contributed by atoms with Gasteiger partial charge in [0.2, 0.25) is 5.91 Å². The van der Waals surface area contributed by atoms with Crippen LogP contribution in [0.15, 0.2) is 48.5 Å². The number of para-hydroxylation sites is 1. The van der Waals surface area contributed by atoms with Gasteiger partial charge in [0.05, 0.1) is 19.7 Å². The Morgan fingerprint density at radius 1 is 1.18 bits per heavy atom. The molecule has 2 N–H and O–H groups in total. The van der Waals surface area contributed by atoms with Crippen LogP contribution in [-0.4, -0.2) is 19.6 Å². The van der Waals surface area contributed by atoms with Crippen LogP contribution in [0.25, 0.3) is 0 Å². The fourth-order valence-electron chi connectivity index (χ4n) is 2.14. The summed E-state index contributed by atoms with van der Waals surface area (Å²) in [6.07, 6.45) is 0. The second-order valence-electron chi connectivity index (χ2n) is 4.89. The number of anilines is 1. The van der Waals surface area contributed by atoms with Crippen LogP contribution in [0.5, 0.6) is 5.75 Å². The average molecular weight is 302 g/mol. The Balaban J connectivity index is 1.90. The van der Waals surface area contributed by atoms with E-state index in [4.69, 9.17) is 4.74 Å². The lowest BCUT2D eigenvalue weighted by Crippen LogP contribution is -2.32. The van der Waals surface area contributed by atoms with Crippen molar-refractivity contribution in [3.63, 3.8) is 0 Å². The topological polar surface area (TPSA) is 50.4 Å². The number of nitrogens with one attached hydrogen (secondary N) is 2. The average Bonchev–Trinajstić information content (AvgIpc) is 2.54. The Morgan fingerprint density at radius 3 is 2.55 bits per heavy atom. The van der Waals surface area contributed by atoms with Crippen molar-refractivity contribution in [3.05, 3.63) is 59.9 Å². The standard InChI is InChI=1S/C17H19FN2O2/c1-12(15-5-3-4-6-16(15)22-2)20-17(21)11-19-14-9-7-13(18)8-10-14/h3-10,12,19H,11H2,1-2H3,(H,20,21). The van der Waals surface area contributed by atoms with Crippen LogP contribution in [0, 0.1) is 5.82 Å². The number of ether oxygens (including phenoxy) is 1. The molecule has 0 aliphatic heterocycles. The third-order valence-electron chi connectivity index (χ3n) is 3.28. The van der Waals surface area contributed by atoms with Crippen LogP contribution >= 0.6 is 0 Å². The molecule has 5 heteroatoms. The minimum absolute atomic E-state index is 0.116. The number of benzene rings is 2. The Morgan fingerprint density at radius 2 is 1.86 bits per heavy atom. The van der Waals surface area contributed by atoms with Gasteiger partial charge in [-0.2, -0.15) is 0 Å². The summed E-state index contributed by atoms with van der Waals surface area (Å²) in [6.45, 7) is 2.01. The van der Waals surface area contributed by atoms with Gasteiger partial charge in [-0.3, -0.25) is 4.79 Å². The number of hydrogen-bond acceptors (Lipinski definition) is 3. The van der Waals surface area contributed by atoms with Crippen LogP contribution in [0.4, 0.5) is 10.1 Å². The van der Waals surface area contributed by atoms with E-state index >= 15 is 0 Å². The maximum absolute atomic E-state index is 12.8. The molecule has 0 aliphatic rings. The fraction of sp³-hybridized carbons (Fsp3) is 0.235. The van der Waals surface area contributed by atoms with E-state index in [-0.39, 0.29) is 24.3 Å². The molecule has 116 valence electrons. The molecule has 22 heavy (non-hydrogen) atoms. The molecular formula is C17H19FN2O2. The molecule has 0 aromatic heterocycles. The monoisotopic (exact) mass is 302 g/mol. The maximum Gasteiger partial charge on any atom is 0.239 e. The van der Waals surface area contributed by atoms with Gasteiger partial charge in [0.15, 0.2) is 0 Å². The molecule has 1 amide bonds. The lowest BCUT2D eigenvalue weighted by Gasteiger charge is -2.17. The van der Waals surface area contributed by atoms with Crippen LogP contribution in [-0.2, 0) is 4.79 Å². The maximum atomic E-state index is 12.8. The predicted octanol–water partition coefficient (Wildman–Crippen LogP) is 3.12.